The third-order valence-electron chi connectivity index (χ3n) is 3.59. The summed E-state index contributed by atoms with van der Waals surface area (Å²) in [6.07, 6.45) is 2.61. The molecule has 1 aromatic carbocycles. The van der Waals surface area contributed by atoms with Crippen LogP contribution in [0.25, 0.3) is 0 Å². The molecule has 1 fully saturated rings. The molecule has 6 heteroatoms. The van der Waals surface area contributed by atoms with Gasteiger partial charge >= 0.3 is 0 Å². The van der Waals surface area contributed by atoms with Gasteiger partial charge in [0, 0.05) is 12.3 Å². The van der Waals surface area contributed by atoms with Crippen molar-refractivity contribution in [3.8, 4) is 5.75 Å². The zero-order valence-corrected chi connectivity index (χ0v) is 15.1. The Morgan fingerprint density at radius 2 is 2.29 bits per heavy atom. The third kappa shape index (κ3) is 6.67. The summed E-state index contributed by atoms with van der Waals surface area (Å²) in [7, 11) is 0. The molecule has 134 valence electrons. The molecule has 1 amide bonds. The first kappa shape index (κ1) is 19.0. The van der Waals surface area contributed by atoms with Crippen LogP contribution in [-0.4, -0.2) is 38.4 Å². The minimum absolute atomic E-state index is 0.103. The number of hydrogen-bond acceptors (Lipinski definition) is 4. The van der Waals surface area contributed by atoms with Crippen molar-refractivity contribution < 1.29 is 19.0 Å². The Labute approximate surface area is 148 Å². The highest BCUT2D eigenvalue weighted by atomic mass is 35.5. The molecule has 1 N–H and O–H groups in total. The molecule has 0 spiro atoms. The molecule has 1 unspecified atom stereocenters. The van der Waals surface area contributed by atoms with E-state index < -0.39 is 0 Å². The fourth-order valence-corrected chi connectivity index (χ4v) is 2.57. The lowest BCUT2D eigenvalue weighted by atomic mass is 10.2. The van der Waals surface area contributed by atoms with Gasteiger partial charge in [0.2, 0.25) is 5.91 Å². The highest BCUT2D eigenvalue weighted by molar-refractivity contribution is 6.32. The van der Waals surface area contributed by atoms with Crippen molar-refractivity contribution in [2.75, 3.05) is 31.7 Å². The number of amides is 1. The summed E-state index contributed by atoms with van der Waals surface area (Å²) in [5.41, 5.74) is 0.654. The van der Waals surface area contributed by atoms with Crippen LogP contribution in [0.2, 0.25) is 5.02 Å². The number of nitrogens with one attached hydrogen (secondary N) is 1. The number of anilines is 1. The smallest absolute Gasteiger partial charge is 0.226 e. The van der Waals surface area contributed by atoms with E-state index in [0.717, 1.165) is 19.4 Å². The third-order valence-corrected chi connectivity index (χ3v) is 3.88. The average molecular weight is 356 g/mol. The monoisotopic (exact) mass is 355 g/mol. The van der Waals surface area contributed by atoms with E-state index in [1.807, 2.05) is 0 Å². The summed E-state index contributed by atoms with van der Waals surface area (Å²) < 4.78 is 16.6. The zero-order valence-electron chi connectivity index (χ0n) is 14.3. The maximum Gasteiger partial charge on any atom is 0.226 e. The minimum Gasteiger partial charge on any atom is -0.492 e. The summed E-state index contributed by atoms with van der Waals surface area (Å²) in [5.74, 6) is 0.951. The molecule has 2 rings (SSSR count). The lowest BCUT2D eigenvalue weighted by molar-refractivity contribution is -0.117. The first-order valence-electron chi connectivity index (χ1n) is 8.46. The largest absolute Gasteiger partial charge is 0.492 e. The summed E-state index contributed by atoms with van der Waals surface area (Å²) in [6, 6.07) is 5.25. The van der Waals surface area contributed by atoms with Crippen molar-refractivity contribution in [1.82, 2.24) is 0 Å². The van der Waals surface area contributed by atoms with Crippen molar-refractivity contribution in [3.05, 3.63) is 23.2 Å². The van der Waals surface area contributed by atoms with Crippen molar-refractivity contribution in [3.63, 3.8) is 0 Å². The standard InChI is InChI=1S/C18H26ClNO4/c1-13(2)11-24-17-6-5-14(10-16(17)19)20-18(21)7-9-22-12-15-4-3-8-23-15/h5-6,10,13,15H,3-4,7-9,11-12H2,1-2H3,(H,20,21). The van der Waals surface area contributed by atoms with Crippen LogP contribution in [0.5, 0.6) is 5.75 Å². The van der Waals surface area contributed by atoms with Crippen LogP contribution in [0, 0.1) is 5.92 Å². The second-order valence-electron chi connectivity index (χ2n) is 6.36. The molecule has 1 saturated heterocycles. The molecule has 0 aliphatic carbocycles. The molecule has 1 atom stereocenters. The van der Waals surface area contributed by atoms with E-state index in [1.165, 1.54) is 0 Å². The molecule has 0 radical (unpaired) electrons. The Bertz CT molecular complexity index is 530. The van der Waals surface area contributed by atoms with Crippen molar-refractivity contribution in [2.45, 2.75) is 39.2 Å². The minimum atomic E-state index is -0.103. The normalized spacial score (nSPS) is 17.2. The average Bonchev–Trinajstić information content (AvgIpc) is 3.04. The number of rotatable bonds is 9. The highest BCUT2D eigenvalue weighted by Crippen LogP contribution is 2.28. The van der Waals surface area contributed by atoms with Gasteiger partial charge in [-0.15, -0.1) is 0 Å². The van der Waals surface area contributed by atoms with Gasteiger partial charge in [0.05, 0.1) is 37.4 Å². The molecule has 1 aliphatic heterocycles. The van der Waals surface area contributed by atoms with Crippen LogP contribution < -0.4 is 10.1 Å². The lowest BCUT2D eigenvalue weighted by Gasteiger charge is -2.12. The Balaban J connectivity index is 1.69. The van der Waals surface area contributed by atoms with Crippen LogP contribution >= 0.6 is 11.6 Å². The Kier molecular flexibility index (Phi) is 7.82. The first-order chi connectivity index (χ1) is 11.5. The second kappa shape index (κ2) is 9.87. The van der Waals surface area contributed by atoms with E-state index in [2.05, 4.69) is 19.2 Å². The first-order valence-corrected chi connectivity index (χ1v) is 8.84. The number of benzene rings is 1. The molecular weight excluding hydrogens is 330 g/mol. The number of carbonyl (C=O) groups excluding carboxylic acids is 1. The summed E-state index contributed by atoms with van der Waals surface area (Å²) in [6.45, 7) is 6.50. The lowest BCUT2D eigenvalue weighted by Crippen LogP contribution is -2.18. The molecule has 24 heavy (non-hydrogen) atoms. The van der Waals surface area contributed by atoms with Gasteiger partial charge < -0.3 is 19.5 Å². The van der Waals surface area contributed by atoms with E-state index in [1.54, 1.807) is 18.2 Å². The van der Waals surface area contributed by atoms with Gasteiger partial charge in [-0.3, -0.25) is 4.79 Å². The Morgan fingerprint density at radius 3 is 2.96 bits per heavy atom. The zero-order chi connectivity index (χ0) is 17.4. The van der Waals surface area contributed by atoms with Gasteiger partial charge in [-0.25, -0.2) is 0 Å². The molecular formula is C18H26ClNO4. The SMILES string of the molecule is CC(C)COc1ccc(NC(=O)CCOCC2CCCO2)cc1Cl. The van der Waals surface area contributed by atoms with Crippen molar-refractivity contribution >= 4 is 23.2 Å². The maximum absolute atomic E-state index is 11.9. The van der Waals surface area contributed by atoms with Gasteiger partial charge in [-0.05, 0) is 37.0 Å². The molecule has 1 heterocycles. The quantitative estimate of drug-likeness (QED) is 0.682. The van der Waals surface area contributed by atoms with Crippen molar-refractivity contribution in [1.29, 1.82) is 0 Å². The van der Waals surface area contributed by atoms with Crippen molar-refractivity contribution in [2.24, 2.45) is 5.92 Å². The molecule has 0 aromatic heterocycles. The summed E-state index contributed by atoms with van der Waals surface area (Å²) in [4.78, 5) is 11.9. The van der Waals surface area contributed by atoms with Gasteiger partial charge in [-0.1, -0.05) is 25.4 Å². The van der Waals surface area contributed by atoms with Gasteiger partial charge in [0.25, 0.3) is 0 Å². The molecule has 1 aromatic rings. The molecule has 1 aliphatic rings. The molecule has 5 nitrogen and oxygen atoms in total. The van der Waals surface area contributed by atoms with Crippen LogP contribution in [0.15, 0.2) is 18.2 Å². The second-order valence-corrected chi connectivity index (χ2v) is 6.77. The van der Waals surface area contributed by atoms with E-state index in [0.29, 0.717) is 48.6 Å². The van der Waals surface area contributed by atoms with Gasteiger partial charge in [-0.2, -0.15) is 0 Å². The van der Waals surface area contributed by atoms with Crippen LogP contribution in [0.4, 0.5) is 5.69 Å². The van der Waals surface area contributed by atoms with E-state index in [9.17, 15) is 4.79 Å². The van der Waals surface area contributed by atoms with Crippen LogP contribution in [0.1, 0.15) is 33.1 Å². The summed E-state index contributed by atoms with van der Waals surface area (Å²) in [5, 5.41) is 3.30. The number of hydrogen-bond donors (Lipinski definition) is 1. The van der Waals surface area contributed by atoms with E-state index >= 15 is 0 Å². The number of ether oxygens (including phenoxy) is 3. The number of carbonyl (C=O) groups is 1. The fourth-order valence-electron chi connectivity index (χ4n) is 2.33. The highest BCUT2D eigenvalue weighted by Gasteiger charge is 2.15. The van der Waals surface area contributed by atoms with E-state index in [-0.39, 0.29) is 12.0 Å². The fraction of sp³-hybridized carbons (Fsp3) is 0.611. The molecule has 0 saturated carbocycles. The molecule has 0 bridgehead atoms. The predicted octanol–water partition coefficient (Wildman–Crippen LogP) is 3.90. The Morgan fingerprint density at radius 1 is 1.46 bits per heavy atom. The van der Waals surface area contributed by atoms with Crippen LogP contribution in [-0.2, 0) is 14.3 Å². The summed E-state index contributed by atoms with van der Waals surface area (Å²) >= 11 is 6.18. The Hall–Kier alpha value is -1.30. The number of halogens is 1. The van der Waals surface area contributed by atoms with E-state index in [4.69, 9.17) is 25.8 Å². The van der Waals surface area contributed by atoms with Crippen LogP contribution in [0.3, 0.4) is 0 Å². The van der Waals surface area contributed by atoms with Gasteiger partial charge in [0.1, 0.15) is 5.75 Å². The van der Waals surface area contributed by atoms with Gasteiger partial charge in [0.15, 0.2) is 0 Å². The topological polar surface area (TPSA) is 56.8 Å². The predicted molar refractivity (Wildman–Crippen MR) is 94.8 cm³/mol. The maximum atomic E-state index is 11.9.